The van der Waals surface area contributed by atoms with Gasteiger partial charge < -0.3 is 4.57 Å². The van der Waals surface area contributed by atoms with Crippen LogP contribution in [0.25, 0.3) is 65.8 Å². The number of thiophene rings is 1. The molecule has 0 saturated carbocycles. The van der Waals surface area contributed by atoms with Crippen LogP contribution in [-0.2, 0) is 6.42 Å². The first-order chi connectivity index (χ1) is 20.7. The fourth-order valence-electron chi connectivity index (χ4n) is 6.11. The zero-order chi connectivity index (χ0) is 28.2. The summed E-state index contributed by atoms with van der Waals surface area (Å²) in [5.41, 5.74) is 9.65. The summed E-state index contributed by atoms with van der Waals surface area (Å²) >= 11 is 1.82. The normalized spacial score (nSPS) is 14.6. The Morgan fingerprint density at radius 3 is 2.57 bits per heavy atom. The first-order valence-electron chi connectivity index (χ1n) is 14.0. The van der Waals surface area contributed by atoms with Crippen molar-refractivity contribution in [3.63, 3.8) is 0 Å². The summed E-state index contributed by atoms with van der Waals surface area (Å²) in [6, 6.07) is 29.9. The zero-order valence-corrected chi connectivity index (χ0v) is 23.9. The molecule has 0 atom stereocenters. The molecule has 0 N–H and O–H groups in total. The number of aryl methyl sites for hydroxylation is 1. The molecule has 0 aliphatic heterocycles. The number of para-hydroxylation sites is 1. The van der Waals surface area contributed by atoms with Gasteiger partial charge in [0.05, 0.1) is 11.2 Å². The molecule has 0 amide bonds. The van der Waals surface area contributed by atoms with Crippen molar-refractivity contribution in [2.75, 3.05) is 0 Å². The molecular formula is C37H26N4S. The lowest BCUT2D eigenvalue weighted by Gasteiger charge is -2.14. The van der Waals surface area contributed by atoms with E-state index in [2.05, 4.69) is 113 Å². The van der Waals surface area contributed by atoms with Crippen molar-refractivity contribution in [1.82, 2.24) is 19.5 Å². The average Bonchev–Trinajstić information content (AvgIpc) is 3.56. The molecule has 42 heavy (non-hydrogen) atoms. The van der Waals surface area contributed by atoms with Gasteiger partial charge in [-0.15, -0.1) is 11.3 Å². The minimum Gasteiger partial charge on any atom is -0.313 e. The summed E-state index contributed by atoms with van der Waals surface area (Å²) in [6.07, 6.45) is 11.2. The lowest BCUT2D eigenvalue weighted by molar-refractivity contribution is 1.01. The van der Waals surface area contributed by atoms with Crippen molar-refractivity contribution in [2.45, 2.75) is 13.3 Å². The van der Waals surface area contributed by atoms with Gasteiger partial charge in [-0.2, -0.15) is 0 Å². The van der Waals surface area contributed by atoms with Gasteiger partial charge >= 0.3 is 0 Å². The molecule has 8 rings (SSSR count). The molecule has 0 radical (unpaired) electrons. The van der Waals surface area contributed by atoms with Gasteiger partial charge in [0, 0.05) is 66.4 Å². The monoisotopic (exact) mass is 558 g/mol. The molecule has 1 aliphatic carbocycles. The third-order valence-corrected chi connectivity index (χ3v) is 9.24. The highest BCUT2D eigenvalue weighted by molar-refractivity contribution is 7.20. The van der Waals surface area contributed by atoms with Crippen molar-refractivity contribution in [2.24, 2.45) is 0 Å². The van der Waals surface area contributed by atoms with Crippen LogP contribution in [0, 0.1) is 6.92 Å². The van der Waals surface area contributed by atoms with E-state index in [9.17, 15) is 0 Å². The summed E-state index contributed by atoms with van der Waals surface area (Å²) < 4.78 is 3.68. The number of rotatable bonds is 2. The van der Waals surface area contributed by atoms with Crippen LogP contribution in [0.2, 0.25) is 0 Å². The van der Waals surface area contributed by atoms with Gasteiger partial charge in [0.1, 0.15) is 0 Å². The molecule has 0 fully saturated rings. The first-order valence-corrected chi connectivity index (χ1v) is 14.9. The quantitative estimate of drug-likeness (QED) is 0.212. The summed E-state index contributed by atoms with van der Waals surface area (Å²) in [5.74, 6) is 0.681. The van der Waals surface area contributed by atoms with Crippen molar-refractivity contribution in [3.05, 3.63) is 138 Å². The molecule has 7 aromatic rings. The molecule has 5 heteroatoms. The second-order valence-corrected chi connectivity index (χ2v) is 11.6. The topological polar surface area (TPSA) is 43.6 Å². The fraction of sp³-hybridized carbons (Fsp3) is 0.0541. The maximum atomic E-state index is 4.87. The fourth-order valence-corrected chi connectivity index (χ4v) is 7.27. The molecule has 200 valence electrons. The van der Waals surface area contributed by atoms with Crippen molar-refractivity contribution < 1.29 is 0 Å². The summed E-state index contributed by atoms with van der Waals surface area (Å²) in [5, 5.41) is 3.47. The highest BCUT2D eigenvalue weighted by Gasteiger charge is 2.25. The van der Waals surface area contributed by atoms with Gasteiger partial charge in [-0.3, -0.25) is 0 Å². The summed E-state index contributed by atoms with van der Waals surface area (Å²) in [4.78, 5) is 15.4. The van der Waals surface area contributed by atoms with E-state index in [1.807, 2.05) is 30.4 Å². The number of hydrogen-bond acceptors (Lipinski definition) is 4. The Kier molecular flexibility index (Phi) is 5.72. The molecule has 3 aromatic carbocycles. The van der Waals surface area contributed by atoms with Crippen LogP contribution in [0.1, 0.15) is 16.3 Å². The standard InChI is InChI=1S/C37H26N4S/c1-23-12-4-3-5-19-31-33(34-29-16-7-9-20-32(29)42-35(23)34)28-15-6-8-18-30(28)41(31)26-14-10-13-25(22-26)36-39-24(2)27-17-11-21-38-37(27)40-36/h3-18,20-22H,1,19H2,2H3/b5-3-,12-4-. The SMILES string of the molecule is C=C1/C=C\C=C/Cc2c(c3ccccc3n2-c2cccc(-c3nc(C)c4cccnc4n3)c2)-c2c1sc1ccccc21. The molecule has 0 saturated heterocycles. The van der Waals surface area contributed by atoms with Gasteiger partial charge in [0.15, 0.2) is 11.5 Å². The molecule has 4 aromatic heterocycles. The number of hydrogen-bond donors (Lipinski definition) is 0. The lowest BCUT2D eigenvalue weighted by atomic mass is 9.95. The second kappa shape index (κ2) is 9.75. The van der Waals surface area contributed by atoms with E-state index in [4.69, 9.17) is 9.97 Å². The van der Waals surface area contributed by atoms with Crippen LogP contribution in [0.4, 0.5) is 0 Å². The van der Waals surface area contributed by atoms with Crippen LogP contribution in [0.5, 0.6) is 0 Å². The van der Waals surface area contributed by atoms with Gasteiger partial charge in [-0.25, -0.2) is 15.0 Å². The van der Waals surface area contributed by atoms with Crippen LogP contribution in [0.15, 0.2) is 122 Å². The Hall–Kier alpha value is -5.13. The third-order valence-electron chi connectivity index (χ3n) is 7.99. The van der Waals surface area contributed by atoms with E-state index in [0.29, 0.717) is 11.5 Å². The van der Waals surface area contributed by atoms with Gasteiger partial charge in [-0.1, -0.05) is 79.4 Å². The minimum absolute atomic E-state index is 0.681. The van der Waals surface area contributed by atoms with Crippen LogP contribution in [0.3, 0.4) is 0 Å². The lowest BCUT2D eigenvalue weighted by Crippen LogP contribution is -2.02. The third kappa shape index (κ3) is 3.85. The Morgan fingerprint density at radius 1 is 0.810 bits per heavy atom. The smallest absolute Gasteiger partial charge is 0.163 e. The highest BCUT2D eigenvalue weighted by atomic mass is 32.1. The minimum atomic E-state index is 0.681. The molecule has 0 spiro atoms. The van der Waals surface area contributed by atoms with E-state index in [1.165, 1.54) is 42.7 Å². The molecular weight excluding hydrogens is 533 g/mol. The molecule has 4 heterocycles. The van der Waals surface area contributed by atoms with Crippen molar-refractivity contribution in [3.8, 4) is 28.2 Å². The van der Waals surface area contributed by atoms with Crippen molar-refractivity contribution >= 4 is 48.9 Å². The van der Waals surface area contributed by atoms with Gasteiger partial charge in [0.25, 0.3) is 0 Å². The van der Waals surface area contributed by atoms with E-state index < -0.39 is 0 Å². The van der Waals surface area contributed by atoms with Crippen LogP contribution >= 0.6 is 11.3 Å². The Morgan fingerprint density at radius 2 is 1.64 bits per heavy atom. The molecule has 4 nitrogen and oxygen atoms in total. The maximum Gasteiger partial charge on any atom is 0.163 e. The average molecular weight is 559 g/mol. The van der Waals surface area contributed by atoms with Gasteiger partial charge in [-0.05, 0) is 48.9 Å². The molecule has 0 bridgehead atoms. The number of nitrogens with zero attached hydrogens (tertiary/aromatic N) is 4. The highest BCUT2D eigenvalue weighted by Crippen LogP contribution is 2.48. The largest absolute Gasteiger partial charge is 0.313 e. The van der Waals surface area contributed by atoms with E-state index >= 15 is 0 Å². The predicted octanol–water partition coefficient (Wildman–Crippen LogP) is 9.51. The first kappa shape index (κ1) is 24.6. The number of aromatic nitrogens is 4. The Bertz CT molecular complexity index is 2260. The maximum absolute atomic E-state index is 4.87. The predicted molar refractivity (Wildman–Crippen MR) is 176 cm³/mol. The van der Waals surface area contributed by atoms with Gasteiger partial charge in [0.2, 0.25) is 0 Å². The Labute approximate surface area is 247 Å². The van der Waals surface area contributed by atoms with E-state index in [1.54, 1.807) is 6.20 Å². The van der Waals surface area contributed by atoms with Crippen molar-refractivity contribution in [1.29, 1.82) is 0 Å². The number of benzene rings is 3. The zero-order valence-electron chi connectivity index (χ0n) is 23.1. The van der Waals surface area contributed by atoms with Crippen LogP contribution in [-0.4, -0.2) is 19.5 Å². The van der Waals surface area contributed by atoms with Crippen LogP contribution < -0.4 is 0 Å². The van der Waals surface area contributed by atoms with E-state index in [0.717, 1.165) is 34.3 Å². The Balaban J connectivity index is 1.42. The molecule has 1 aliphatic rings. The summed E-state index contributed by atoms with van der Waals surface area (Å²) in [7, 11) is 0. The van der Waals surface area contributed by atoms with E-state index in [-0.39, 0.29) is 0 Å². The number of allylic oxidation sites excluding steroid dienone is 5. The molecule has 0 unspecified atom stereocenters. The second-order valence-electron chi connectivity index (χ2n) is 10.6. The number of pyridine rings is 1. The summed E-state index contributed by atoms with van der Waals surface area (Å²) in [6.45, 7) is 6.50. The number of fused-ring (bicyclic) bond motifs is 8.